The molecule has 0 fully saturated rings. The Kier molecular flexibility index (Phi) is 7.97. The average molecular weight is 335 g/mol. The summed E-state index contributed by atoms with van der Waals surface area (Å²) in [6, 6.07) is 20.1. The van der Waals surface area contributed by atoms with E-state index in [1.807, 2.05) is 71.6 Å². The van der Waals surface area contributed by atoms with Gasteiger partial charge in [0.25, 0.3) is 5.91 Å². The van der Waals surface area contributed by atoms with Gasteiger partial charge in [0.05, 0.1) is 0 Å². The minimum Gasteiger partial charge on any atom is -0.339 e. The van der Waals surface area contributed by atoms with Crippen LogP contribution in [0.25, 0.3) is 11.6 Å². The van der Waals surface area contributed by atoms with Crippen molar-refractivity contribution in [3.8, 4) is 0 Å². The standard InChI is InChI=1S/C23H29NO/c1-3-5-17-24(18-6-4-2)23(25)22(21-15-11-8-12-16-21)19-20-13-9-7-10-14-20/h7-16,19H,3-6,17-18H2,1-2H3. The third-order valence-electron chi connectivity index (χ3n) is 4.28. The van der Waals surface area contributed by atoms with Crippen LogP contribution in [0.3, 0.4) is 0 Å². The van der Waals surface area contributed by atoms with E-state index in [2.05, 4.69) is 13.8 Å². The predicted molar refractivity (Wildman–Crippen MR) is 107 cm³/mol. The van der Waals surface area contributed by atoms with Crippen molar-refractivity contribution in [3.05, 3.63) is 71.8 Å². The third kappa shape index (κ3) is 5.90. The molecule has 132 valence electrons. The van der Waals surface area contributed by atoms with Crippen LogP contribution in [0.4, 0.5) is 0 Å². The van der Waals surface area contributed by atoms with Crippen LogP contribution in [-0.2, 0) is 4.79 Å². The van der Waals surface area contributed by atoms with E-state index in [0.717, 1.165) is 55.5 Å². The maximum absolute atomic E-state index is 13.3. The molecule has 0 bridgehead atoms. The predicted octanol–water partition coefficient (Wildman–Crippen LogP) is 5.66. The molecule has 2 aromatic rings. The zero-order valence-electron chi connectivity index (χ0n) is 15.4. The molecule has 0 saturated heterocycles. The second-order valence-corrected chi connectivity index (χ2v) is 6.33. The highest BCUT2D eigenvalue weighted by atomic mass is 16.2. The monoisotopic (exact) mass is 335 g/mol. The van der Waals surface area contributed by atoms with Crippen LogP contribution in [0.2, 0.25) is 0 Å². The normalized spacial score (nSPS) is 11.4. The van der Waals surface area contributed by atoms with Gasteiger partial charge < -0.3 is 4.90 Å². The molecule has 2 nitrogen and oxygen atoms in total. The molecule has 0 atom stereocenters. The molecule has 25 heavy (non-hydrogen) atoms. The number of rotatable bonds is 9. The quantitative estimate of drug-likeness (QED) is 0.428. The Bertz CT molecular complexity index is 653. The van der Waals surface area contributed by atoms with E-state index in [9.17, 15) is 4.79 Å². The van der Waals surface area contributed by atoms with Gasteiger partial charge in [-0.25, -0.2) is 0 Å². The number of carbonyl (C=O) groups is 1. The van der Waals surface area contributed by atoms with Crippen molar-refractivity contribution < 1.29 is 4.79 Å². The number of carbonyl (C=O) groups excluding carboxylic acids is 1. The molecule has 0 saturated carbocycles. The Hall–Kier alpha value is -2.35. The molecule has 0 aliphatic heterocycles. The van der Waals surface area contributed by atoms with Gasteiger partial charge in [-0.05, 0) is 30.0 Å². The molecule has 2 heteroatoms. The van der Waals surface area contributed by atoms with Gasteiger partial charge in [0, 0.05) is 18.7 Å². The van der Waals surface area contributed by atoms with E-state index in [1.165, 1.54) is 0 Å². The summed E-state index contributed by atoms with van der Waals surface area (Å²) in [6.45, 7) is 5.99. The molecule has 0 spiro atoms. The minimum absolute atomic E-state index is 0.136. The van der Waals surface area contributed by atoms with Gasteiger partial charge in [0.1, 0.15) is 0 Å². The first-order valence-electron chi connectivity index (χ1n) is 9.37. The Morgan fingerprint density at radius 3 is 1.88 bits per heavy atom. The Balaban J connectivity index is 2.35. The molecule has 0 heterocycles. The third-order valence-corrected chi connectivity index (χ3v) is 4.28. The molecule has 0 N–H and O–H groups in total. The van der Waals surface area contributed by atoms with Crippen molar-refractivity contribution in [1.29, 1.82) is 0 Å². The number of nitrogens with zero attached hydrogens (tertiary/aromatic N) is 1. The van der Waals surface area contributed by atoms with E-state index >= 15 is 0 Å². The lowest BCUT2D eigenvalue weighted by atomic mass is 10.0. The molecule has 2 rings (SSSR count). The molecule has 0 aromatic heterocycles. The first-order valence-corrected chi connectivity index (χ1v) is 9.37. The second-order valence-electron chi connectivity index (χ2n) is 6.33. The second kappa shape index (κ2) is 10.5. The van der Waals surface area contributed by atoms with Gasteiger partial charge in [0.2, 0.25) is 0 Å². The Morgan fingerprint density at radius 2 is 1.36 bits per heavy atom. The van der Waals surface area contributed by atoms with Crippen LogP contribution in [0.15, 0.2) is 60.7 Å². The van der Waals surface area contributed by atoms with Crippen molar-refractivity contribution in [2.75, 3.05) is 13.1 Å². The van der Waals surface area contributed by atoms with Gasteiger partial charge >= 0.3 is 0 Å². The summed E-state index contributed by atoms with van der Waals surface area (Å²) in [7, 11) is 0. The Labute approximate surface area is 152 Å². The summed E-state index contributed by atoms with van der Waals surface area (Å²) < 4.78 is 0. The molecule has 0 unspecified atom stereocenters. The topological polar surface area (TPSA) is 20.3 Å². The maximum atomic E-state index is 13.3. The smallest absolute Gasteiger partial charge is 0.254 e. The fourth-order valence-corrected chi connectivity index (χ4v) is 2.79. The van der Waals surface area contributed by atoms with Gasteiger partial charge in [-0.1, -0.05) is 87.4 Å². The molecular formula is C23H29NO. The fourth-order valence-electron chi connectivity index (χ4n) is 2.79. The molecule has 1 amide bonds. The van der Waals surface area contributed by atoms with Crippen LogP contribution in [0, 0.1) is 0 Å². The van der Waals surface area contributed by atoms with Gasteiger partial charge in [-0.15, -0.1) is 0 Å². The lowest BCUT2D eigenvalue weighted by molar-refractivity contribution is -0.125. The van der Waals surface area contributed by atoms with Crippen molar-refractivity contribution in [3.63, 3.8) is 0 Å². The number of hydrogen-bond donors (Lipinski definition) is 0. The van der Waals surface area contributed by atoms with Crippen molar-refractivity contribution in [1.82, 2.24) is 4.90 Å². The maximum Gasteiger partial charge on any atom is 0.254 e. The first-order chi connectivity index (χ1) is 12.3. The van der Waals surface area contributed by atoms with Crippen molar-refractivity contribution in [2.45, 2.75) is 39.5 Å². The van der Waals surface area contributed by atoms with E-state index in [4.69, 9.17) is 0 Å². The van der Waals surface area contributed by atoms with E-state index in [0.29, 0.717) is 0 Å². The summed E-state index contributed by atoms with van der Waals surface area (Å²) in [5, 5.41) is 0. The number of unbranched alkanes of at least 4 members (excludes halogenated alkanes) is 2. The van der Waals surface area contributed by atoms with Gasteiger partial charge in [0.15, 0.2) is 0 Å². The fraction of sp³-hybridized carbons (Fsp3) is 0.348. The van der Waals surface area contributed by atoms with E-state index in [-0.39, 0.29) is 5.91 Å². The van der Waals surface area contributed by atoms with Crippen LogP contribution in [0.1, 0.15) is 50.7 Å². The molecule has 0 aliphatic carbocycles. The summed E-state index contributed by atoms with van der Waals surface area (Å²) in [6.07, 6.45) is 6.30. The summed E-state index contributed by atoms with van der Waals surface area (Å²) in [5.74, 6) is 0.136. The summed E-state index contributed by atoms with van der Waals surface area (Å²) in [5.41, 5.74) is 2.81. The number of benzene rings is 2. The van der Waals surface area contributed by atoms with E-state index < -0.39 is 0 Å². The number of hydrogen-bond acceptors (Lipinski definition) is 1. The first kappa shape index (κ1) is 19.0. The van der Waals surface area contributed by atoms with Crippen LogP contribution in [-0.4, -0.2) is 23.9 Å². The largest absolute Gasteiger partial charge is 0.339 e. The van der Waals surface area contributed by atoms with Crippen LogP contribution >= 0.6 is 0 Å². The van der Waals surface area contributed by atoms with Crippen LogP contribution in [0.5, 0.6) is 0 Å². The number of amides is 1. The zero-order chi connectivity index (χ0) is 17.9. The molecule has 0 aliphatic rings. The molecule has 2 aromatic carbocycles. The van der Waals surface area contributed by atoms with E-state index in [1.54, 1.807) is 0 Å². The van der Waals surface area contributed by atoms with Gasteiger partial charge in [-0.2, -0.15) is 0 Å². The zero-order valence-corrected chi connectivity index (χ0v) is 15.4. The highest BCUT2D eigenvalue weighted by molar-refractivity contribution is 6.24. The summed E-state index contributed by atoms with van der Waals surface area (Å²) in [4.78, 5) is 15.3. The SMILES string of the molecule is CCCCN(CCCC)C(=O)C(=Cc1ccccc1)c1ccccc1. The Morgan fingerprint density at radius 1 is 0.840 bits per heavy atom. The lowest BCUT2D eigenvalue weighted by Crippen LogP contribution is -2.33. The van der Waals surface area contributed by atoms with Crippen LogP contribution < -0.4 is 0 Å². The molecule has 0 radical (unpaired) electrons. The average Bonchev–Trinajstić information content (AvgIpc) is 2.67. The van der Waals surface area contributed by atoms with Crippen molar-refractivity contribution in [2.24, 2.45) is 0 Å². The lowest BCUT2D eigenvalue weighted by Gasteiger charge is -2.24. The minimum atomic E-state index is 0.136. The highest BCUT2D eigenvalue weighted by Gasteiger charge is 2.19. The molecular weight excluding hydrogens is 306 g/mol. The van der Waals surface area contributed by atoms with Crippen molar-refractivity contribution >= 4 is 17.6 Å². The highest BCUT2D eigenvalue weighted by Crippen LogP contribution is 2.21. The summed E-state index contributed by atoms with van der Waals surface area (Å²) >= 11 is 0. The van der Waals surface area contributed by atoms with Gasteiger partial charge in [-0.3, -0.25) is 4.79 Å².